The zero-order chi connectivity index (χ0) is 20.1. The Morgan fingerprint density at radius 1 is 1.18 bits per heavy atom. The molecule has 28 heavy (non-hydrogen) atoms. The van der Waals surface area contributed by atoms with E-state index in [1.165, 1.54) is 11.8 Å². The molecule has 1 unspecified atom stereocenters. The number of methoxy groups -OCH3 is 1. The van der Waals surface area contributed by atoms with Gasteiger partial charge in [0.1, 0.15) is 5.75 Å². The number of tetrazole rings is 1. The zero-order valence-electron chi connectivity index (χ0n) is 16.3. The summed E-state index contributed by atoms with van der Waals surface area (Å²) in [4.78, 5) is 12.7. The summed E-state index contributed by atoms with van der Waals surface area (Å²) in [5.41, 5.74) is 3.98. The van der Waals surface area contributed by atoms with Crippen molar-refractivity contribution in [3.63, 3.8) is 0 Å². The third kappa shape index (κ3) is 4.69. The summed E-state index contributed by atoms with van der Waals surface area (Å²) in [6.07, 6.45) is 0. The molecule has 0 aliphatic carbocycles. The van der Waals surface area contributed by atoms with Crippen LogP contribution in [0.3, 0.4) is 0 Å². The van der Waals surface area contributed by atoms with Crippen molar-refractivity contribution < 1.29 is 9.53 Å². The Kier molecular flexibility index (Phi) is 6.30. The molecular weight excluding hydrogens is 374 g/mol. The molecule has 3 aromatic rings. The molecule has 146 valence electrons. The van der Waals surface area contributed by atoms with Crippen LogP contribution < -0.4 is 10.1 Å². The number of para-hydroxylation sites is 1. The number of rotatable bonds is 7. The third-order valence-corrected chi connectivity index (χ3v) is 5.44. The van der Waals surface area contributed by atoms with E-state index in [9.17, 15) is 4.79 Å². The largest absolute Gasteiger partial charge is 0.497 e. The molecule has 1 heterocycles. The maximum Gasteiger partial charge on any atom is 0.237 e. The Morgan fingerprint density at radius 3 is 2.50 bits per heavy atom. The van der Waals surface area contributed by atoms with E-state index in [-0.39, 0.29) is 11.2 Å². The summed E-state index contributed by atoms with van der Waals surface area (Å²) < 4.78 is 6.87. The quantitative estimate of drug-likeness (QED) is 0.615. The first-order valence-corrected chi connectivity index (χ1v) is 9.78. The van der Waals surface area contributed by atoms with Crippen molar-refractivity contribution in [1.82, 2.24) is 20.2 Å². The maximum absolute atomic E-state index is 12.7. The summed E-state index contributed by atoms with van der Waals surface area (Å²) in [7, 11) is 1.63. The summed E-state index contributed by atoms with van der Waals surface area (Å²) in [6.45, 7) is 6.33. The fourth-order valence-corrected chi connectivity index (χ4v) is 3.52. The molecule has 1 aromatic heterocycles. The Bertz CT molecular complexity index is 935. The smallest absolute Gasteiger partial charge is 0.237 e. The number of hydrogen-bond acceptors (Lipinski definition) is 6. The highest BCUT2D eigenvalue weighted by atomic mass is 32.2. The van der Waals surface area contributed by atoms with Gasteiger partial charge < -0.3 is 10.1 Å². The van der Waals surface area contributed by atoms with Gasteiger partial charge in [0.25, 0.3) is 0 Å². The van der Waals surface area contributed by atoms with Gasteiger partial charge in [-0.3, -0.25) is 4.79 Å². The normalized spacial score (nSPS) is 11.9. The van der Waals surface area contributed by atoms with E-state index < -0.39 is 0 Å². The number of carbonyl (C=O) groups excluding carboxylic acids is 1. The van der Waals surface area contributed by atoms with Crippen LogP contribution >= 0.6 is 11.8 Å². The predicted octanol–water partition coefficient (Wildman–Crippen LogP) is 3.47. The molecule has 0 saturated carbocycles. The van der Waals surface area contributed by atoms with Gasteiger partial charge >= 0.3 is 0 Å². The molecule has 0 bridgehead atoms. The molecule has 8 heteroatoms. The Hall–Kier alpha value is -2.87. The second kappa shape index (κ2) is 8.88. The number of amides is 1. The standard InChI is InChI=1S/C20H23N5O2S/c1-13-6-5-7-14(2)18(13)21-19(26)15(3)28-20-22-23-24-25(20)12-16-8-10-17(27-4)11-9-16/h5-11,15H,12H2,1-4H3,(H,21,26). The number of aryl methyl sites for hydroxylation is 2. The fourth-order valence-electron chi connectivity index (χ4n) is 2.73. The van der Waals surface area contributed by atoms with Gasteiger partial charge in [-0.1, -0.05) is 42.1 Å². The lowest BCUT2D eigenvalue weighted by Gasteiger charge is -2.15. The van der Waals surface area contributed by atoms with Crippen LogP contribution in [0, 0.1) is 13.8 Å². The number of nitrogens with zero attached hydrogens (tertiary/aromatic N) is 4. The number of hydrogen-bond donors (Lipinski definition) is 1. The number of thioether (sulfide) groups is 1. The molecule has 3 rings (SSSR count). The van der Waals surface area contributed by atoms with Crippen LogP contribution in [0.1, 0.15) is 23.6 Å². The number of anilines is 1. The molecule has 0 fully saturated rings. The highest BCUT2D eigenvalue weighted by Gasteiger charge is 2.20. The second-order valence-corrected chi connectivity index (χ2v) is 7.79. The van der Waals surface area contributed by atoms with Gasteiger partial charge in [-0.15, -0.1) is 5.10 Å². The van der Waals surface area contributed by atoms with Crippen molar-refractivity contribution in [3.05, 3.63) is 59.2 Å². The molecule has 1 N–H and O–H groups in total. The Labute approximate surface area is 168 Å². The van der Waals surface area contributed by atoms with Gasteiger partial charge in [0, 0.05) is 5.69 Å². The van der Waals surface area contributed by atoms with Crippen molar-refractivity contribution in [2.75, 3.05) is 12.4 Å². The first kappa shape index (κ1) is 19.9. The number of carbonyl (C=O) groups is 1. The summed E-state index contributed by atoms with van der Waals surface area (Å²) in [6, 6.07) is 13.7. The van der Waals surface area contributed by atoms with Gasteiger partial charge in [0.05, 0.1) is 18.9 Å². The van der Waals surface area contributed by atoms with Crippen LogP contribution in [0.5, 0.6) is 5.75 Å². The molecule has 0 aliphatic rings. The minimum absolute atomic E-state index is 0.0820. The highest BCUT2D eigenvalue weighted by Crippen LogP contribution is 2.25. The van der Waals surface area contributed by atoms with E-state index in [0.29, 0.717) is 11.7 Å². The molecule has 0 radical (unpaired) electrons. The molecule has 1 atom stereocenters. The summed E-state index contributed by atoms with van der Waals surface area (Å²) in [5.74, 6) is 0.716. The van der Waals surface area contributed by atoms with Crippen molar-refractivity contribution in [1.29, 1.82) is 0 Å². The molecule has 0 aliphatic heterocycles. The predicted molar refractivity (Wildman–Crippen MR) is 110 cm³/mol. The van der Waals surface area contributed by atoms with Crippen LogP contribution in [0.25, 0.3) is 0 Å². The first-order valence-electron chi connectivity index (χ1n) is 8.90. The minimum Gasteiger partial charge on any atom is -0.497 e. The molecule has 0 saturated heterocycles. The van der Waals surface area contributed by atoms with Crippen LogP contribution in [0.2, 0.25) is 0 Å². The van der Waals surface area contributed by atoms with Crippen LogP contribution in [-0.4, -0.2) is 38.5 Å². The van der Waals surface area contributed by atoms with Crippen molar-refractivity contribution in [2.24, 2.45) is 0 Å². The van der Waals surface area contributed by atoms with Gasteiger partial charge in [-0.05, 0) is 60.0 Å². The van der Waals surface area contributed by atoms with Gasteiger partial charge in [-0.25, -0.2) is 4.68 Å². The average Bonchev–Trinajstić information content (AvgIpc) is 3.11. The minimum atomic E-state index is -0.348. The third-order valence-electron chi connectivity index (χ3n) is 4.37. The monoisotopic (exact) mass is 397 g/mol. The zero-order valence-corrected chi connectivity index (χ0v) is 17.2. The second-order valence-electron chi connectivity index (χ2n) is 6.48. The molecule has 7 nitrogen and oxygen atoms in total. The van der Waals surface area contributed by atoms with Crippen molar-refractivity contribution in [2.45, 2.75) is 37.7 Å². The Balaban J connectivity index is 1.66. The number of aromatic nitrogens is 4. The number of ether oxygens (including phenoxy) is 1. The van der Waals surface area contributed by atoms with Gasteiger partial charge in [0.2, 0.25) is 11.1 Å². The maximum atomic E-state index is 12.7. The lowest BCUT2D eigenvalue weighted by atomic mass is 10.1. The van der Waals surface area contributed by atoms with Crippen molar-refractivity contribution >= 4 is 23.4 Å². The van der Waals surface area contributed by atoms with E-state index in [1.807, 2.05) is 63.2 Å². The number of benzene rings is 2. The fraction of sp³-hybridized carbons (Fsp3) is 0.300. The lowest BCUT2D eigenvalue weighted by molar-refractivity contribution is -0.115. The topological polar surface area (TPSA) is 81.9 Å². The van der Waals surface area contributed by atoms with E-state index >= 15 is 0 Å². The average molecular weight is 398 g/mol. The van der Waals surface area contributed by atoms with Crippen molar-refractivity contribution in [3.8, 4) is 5.75 Å². The lowest BCUT2D eigenvalue weighted by Crippen LogP contribution is -2.24. The van der Waals surface area contributed by atoms with Gasteiger partial charge in [-0.2, -0.15) is 0 Å². The highest BCUT2D eigenvalue weighted by molar-refractivity contribution is 8.00. The van der Waals surface area contributed by atoms with E-state index in [4.69, 9.17) is 4.74 Å². The van der Waals surface area contributed by atoms with Gasteiger partial charge in [0.15, 0.2) is 0 Å². The SMILES string of the molecule is COc1ccc(Cn2nnnc2SC(C)C(=O)Nc2c(C)cccc2C)cc1. The van der Waals surface area contributed by atoms with E-state index in [0.717, 1.165) is 28.1 Å². The summed E-state index contributed by atoms with van der Waals surface area (Å²) in [5, 5.41) is 15.2. The molecule has 2 aromatic carbocycles. The first-order chi connectivity index (χ1) is 13.5. The molecular formula is C20H23N5O2S. The number of nitrogens with one attached hydrogen (secondary N) is 1. The molecule has 0 spiro atoms. The van der Waals surface area contributed by atoms with E-state index in [1.54, 1.807) is 11.8 Å². The van der Waals surface area contributed by atoms with Crippen LogP contribution in [0.4, 0.5) is 5.69 Å². The Morgan fingerprint density at radius 2 is 1.86 bits per heavy atom. The summed E-state index contributed by atoms with van der Waals surface area (Å²) >= 11 is 1.33. The van der Waals surface area contributed by atoms with Crippen LogP contribution in [-0.2, 0) is 11.3 Å². The van der Waals surface area contributed by atoms with E-state index in [2.05, 4.69) is 20.8 Å². The van der Waals surface area contributed by atoms with Crippen LogP contribution in [0.15, 0.2) is 47.6 Å². The molecule has 1 amide bonds.